The fourth-order valence-electron chi connectivity index (χ4n) is 1.56. The third kappa shape index (κ3) is 5.62. The molecule has 1 unspecified atom stereocenters. The van der Waals surface area contributed by atoms with Gasteiger partial charge in [-0.1, -0.05) is 0 Å². The highest BCUT2D eigenvalue weighted by molar-refractivity contribution is 7.99. The Hall–Kier alpha value is -0.910. The van der Waals surface area contributed by atoms with E-state index in [9.17, 15) is 9.59 Å². The summed E-state index contributed by atoms with van der Waals surface area (Å²) >= 11 is 1.75. The number of rotatable bonds is 3. The van der Waals surface area contributed by atoms with Gasteiger partial charge in [0.15, 0.2) is 0 Å². The monoisotopic (exact) mass is 274 g/mol. The molecule has 6 heteroatoms. The van der Waals surface area contributed by atoms with Gasteiger partial charge < -0.3 is 15.0 Å². The molecule has 1 rings (SSSR count). The van der Waals surface area contributed by atoms with Gasteiger partial charge in [-0.3, -0.25) is 4.79 Å². The average Bonchev–Trinajstić information content (AvgIpc) is 2.65. The van der Waals surface area contributed by atoms with Gasteiger partial charge >= 0.3 is 6.09 Å². The molecule has 0 spiro atoms. The van der Waals surface area contributed by atoms with Crippen molar-refractivity contribution in [2.24, 2.45) is 0 Å². The van der Waals surface area contributed by atoms with Crippen LogP contribution >= 0.6 is 11.8 Å². The van der Waals surface area contributed by atoms with Crippen LogP contribution in [0.5, 0.6) is 0 Å². The molecule has 1 atom stereocenters. The molecule has 1 saturated heterocycles. The van der Waals surface area contributed by atoms with E-state index < -0.39 is 11.7 Å². The lowest BCUT2D eigenvalue weighted by Crippen LogP contribution is -2.40. The lowest BCUT2D eigenvalue weighted by molar-refractivity contribution is -0.130. The standard InChI is InChI=1S/C12H22N2O3S/c1-9(13-11(16)17-12(2,3)4)7-10(15)14-5-6-18-8-14/h9H,5-8H2,1-4H3,(H,13,16). The van der Waals surface area contributed by atoms with Gasteiger partial charge in [-0.15, -0.1) is 11.8 Å². The molecule has 104 valence electrons. The molecular formula is C12H22N2O3S. The number of ether oxygens (including phenoxy) is 1. The summed E-state index contributed by atoms with van der Waals surface area (Å²) < 4.78 is 5.14. The summed E-state index contributed by atoms with van der Waals surface area (Å²) in [7, 11) is 0. The Morgan fingerprint density at radius 1 is 1.44 bits per heavy atom. The minimum atomic E-state index is -0.514. The van der Waals surface area contributed by atoms with E-state index in [4.69, 9.17) is 4.74 Å². The molecule has 0 aromatic heterocycles. The summed E-state index contributed by atoms with van der Waals surface area (Å²) in [6, 6.07) is -0.210. The Balaban J connectivity index is 2.30. The number of thioether (sulfide) groups is 1. The first-order valence-electron chi connectivity index (χ1n) is 6.13. The van der Waals surface area contributed by atoms with Crippen LogP contribution in [0.15, 0.2) is 0 Å². The largest absolute Gasteiger partial charge is 0.444 e. The SMILES string of the molecule is CC(CC(=O)N1CCSC1)NC(=O)OC(C)(C)C. The summed E-state index contributed by atoms with van der Waals surface area (Å²) in [6.07, 6.45) is -0.154. The first-order chi connectivity index (χ1) is 8.28. The number of alkyl carbamates (subject to hydrolysis) is 1. The first kappa shape index (κ1) is 15.1. The van der Waals surface area contributed by atoms with E-state index in [1.807, 2.05) is 32.6 Å². The van der Waals surface area contributed by atoms with Crippen molar-refractivity contribution in [1.29, 1.82) is 0 Å². The molecule has 0 bridgehead atoms. The van der Waals surface area contributed by atoms with Crippen molar-refractivity contribution in [3.8, 4) is 0 Å². The van der Waals surface area contributed by atoms with E-state index >= 15 is 0 Å². The number of hydrogen-bond donors (Lipinski definition) is 1. The van der Waals surface area contributed by atoms with Gasteiger partial charge in [0.05, 0.1) is 5.88 Å². The van der Waals surface area contributed by atoms with Crippen molar-refractivity contribution < 1.29 is 14.3 Å². The highest BCUT2D eigenvalue weighted by Gasteiger charge is 2.22. The number of hydrogen-bond acceptors (Lipinski definition) is 4. The smallest absolute Gasteiger partial charge is 0.407 e. The first-order valence-corrected chi connectivity index (χ1v) is 7.28. The zero-order valence-electron chi connectivity index (χ0n) is 11.5. The zero-order chi connectivity index (χ0) is 13.8. The maximum atomic E-state index is 11.8. The Morgan fingerprint density at radius 2 is 2.11 bits per heavy atom. The van der Waals surface area contributed by atoms with Crippen LogP contribution in [-0.2, 0) is 9.53 Å². The number of carbonyl (C=O) groups is 2. The van der Waals surface area contributed by atoms with Crippen LogP contribution in [0.25, 0.3) is 0 Å². The average molecular weight is 274 g/mol. The Morgan fingerprint density at radius 3 is 2.61 bits per heavy atom. The molecule has 1 aliphatic heterocycles. The van der Waals surface area contributed by atoms with Crippen LogP contribution in [0, 0.1) is 0 Å². The van der Waals surface area contributed by atoms with E-state index in [1.165, 1.54) is 0 Å². The van der Waals surface area contributed by atoms with Gasteiger partial charge in [0.1, 0.15) is 5.60 Å². The van der Waals surface area contributed by atoms with Crippen LogP contribution in [0.2, 0.25) is 0 Å². The molecule has 0 aromatic carbocycles. The molecule has 2 amide bonds. The van der Waals surface area contributed by atoms with Crippen molar-refractivity contribution in [3.63, 3.8) is 0 Å². The lowest BCUT2D eigenvalue weighted by atomic mass is 10.2. The van der Waals surface area contributed by atoms with E-state index in [2.05, 4.69) is 5.32 Å². The van der Waals surface area contributed by atoms with Crippen LogP contribution in [-0.4, -0.2) is 46.7 Å². The van der Waals surface area contributed by atoms with Gasteiger partial charge in [0.2, 0.25) is 5.91 Å². The molecule has 1 heterocycles. The van der Waals surface area contributed by atoms with E-state index in [-0.39, 0.29) is 11.9 Å². The van der Waals surface area contributed by atoms with Crippen LogP contribution in [0.3, 0.4) is 0 Å². The van der Waals surface area contributed by atoms with Crippen molar-refractivity contribution in [2.75, 3.05) is 18.2 Å². The quantitative estimate of drug-likeness (QED) is 0.853. The number of carbonyl (C=O) groups excluding carboxylic acids is 2. The van der Waals surface area contributed by atoms with Gasteiger partial charge in [-0.2, -0.15) is 0 Å². The topological polar surface area (TPSA) is 58.6 Å². The highest BCUT2D eigenvalue weighted by Crippen LogP contribution is 2.15. The van der Waals surface area contributed by atoms with Gasteiger partial charge in [0, 0.05) is 24.8 Å². The molecule has 5 nitrogen and oxygen atoms in total. The lowest BCUT2D eigenvalue weighted by Gasteiger charge is -2.22. The second-order valence-corrected chi connectivity index (χ2v) is 6.52. The molecule has 1 N–H and O–H groups in total. The number of amides is 2. The molecule has 0 radical (unpaired) electrons. The van der Waals surface area contributed by atoms with E-state index in [1.54, 1.807) is 11.8 Å². The van der Waals surface area contributed by atoms with Crippen molar-refractivity contribution >= 4 is 23.8 Å². The number of nitrogens with zero attached hydrogens (tertiary/aromatic N) is 1. The second-order valence-electron chi connectivity index (χ2n) is 5.45. The van der Waals surface area contributed by atoms with Crippen LogP contribution in [0.1, 0.15) is 34.1 Å². The Kier molecular flexibility index (Phi) is 5.31. The van der Waals surface area contributed by atoms with Crippen molar-refractivity contribution in [1.82, 2.24) is 10.2 Å². The van der Waals surface area contributed by atoms with Crippen LogP contribution < -0.4 is 5.32 Å². The normalized spacial score (nSPS) is 17.4. The highest BCUT2D eigenvalue weighted by atomic mass is 32.2. The molecule has 0 aromatic rings. The summed E-state index contributed by atoms with van der Waals surface area (Å²) in [5.74, 6) is 1.85. The molecular weight excluding hydrogens is 252 g/mol. The van der Waals surface area contributed by atoms with E-state index in [0.717, 1.165) is 18.2 Å². The zero-order valence-corrected chi connectivity index (χ0v) is 12.3. The fraction of sp³-hybridized carbons (Fsp3) is 0.833. The number of nitrogens with one attached hydrogen (secondary N) is 1. The van der Waals surface area contributed by atoms with Gasteiger partial charge in [-0.05, 0) is 27.7 Å². The maximum Gasteiger partial charge on any atom is 0.407 e. The molecule has 0 saturated carbocycles. The van der Waals surface area contributed by atoms with Crippen molar-refractivity contribution in [2.45, 2.75) is 45.8 Å². The van der Waals surface area contributed by atoms with Gasteiger partial charge in [0.25, 0.3) is 0 Å². The summed E-state index contributed by atoms with van der Waals surface area (Å²) in [5.41, 5.74) is -0.514. The minimum Gasteiger partial charge on any atom is -0.444 e. The van der Waals surface area contributed by atoms with Crippen LogP contribution in [0.4, 0.5) is 4.79 Å². The molecule has 0 aliphatic carbocycles. The summed E-state index contributed by atoms with van der Waals surface area (Å²) in [5, 5.41) is 2.68. The minimum absolute atomic E-state index is 0.0866. The maximum absolute atomic E-state index is 11.8. The van der Waals surface area contributed by atoms with Gasteiger partial charge in [-0.25, -0.2) is 4.79 Å². The fourth-order valence-corrected chi connectivity index (χ4v) is 2.53. The predicted octanol–water partition coefficient (Wildman–Crippen LogP) is 1.82. The summed E-state index contributed by atoms with van der Waals surface area (Å²) in [4.78, 5) is 25.2. The molecule has 1 fully saturated rings. The Bertz CT molecular complexity index is 309. The van der Waals surface area contributed by atoms with Crippen molar-refractivity contribution in [3.05, 3.63) is 0 Å². The molecule has 1 aliphatic rings. The third-order valence-corrected chi connectivity index (χ3v) is 3.31. The Labute approximate surface area is 113 Å². The predicted molar refractivity (Wildman–Crippen MR) is 72.5 cm³/mol. The summed E-state index contributed by atoms with van der Waals surface area (Å²) in [6.45, 7) is 8.05. The second kappa shape index (κ2) is 6.31. The molecule has 18 heavy (non-hydrogen) atoms. The van der Waals surface area contributed by atoms with E-state index in [0.29, 0.717) is 6.42 Å². The third-order valence-electron chi connectivity index (χ3n) is 2.35.